The van der Waals surface area contributed by atoms with Crippen molar-refractivity contribution in [1.82, 2.24) is 0 Å². The summed E-state index contributed by atoms with van der Waals surface area (Å²) in [5.41, 5.74) is 0. The maximum atomic E-state index is 5.71. The van der Waals surface area contributed by atoms with Crippen molar-refractivity contribution >= 4 is 0 Å². The third-order valence-electron chi connectivity index (χ3n) is 5.97. The summed E-state index contributed by atoms with van der Waals surface area (Å²) in [6, 6.07) is 0. The van der Waals surface area contributed by atoms with Gasteiger partial charge in [0.1, 0.15) is 0 Å². The van der Waals surface area contributed by atoms with E-state index in [1.54, 1.807) is 0 Å². The van der Waals surface area contributed by atoms with Gasteiger partial charge >= 0.3 is 0 Å². The fourth-order valence-electron chi connectivity index (χ4n) is 4.31. The fraction of sp³-hybridized carbons (Fsp3) is 0.750. The monoisotopic (exact) mass is 342 g/mol. The summed E-state index contributed by atoms with van der Waals surface area (Å²) in [7, 11) is 0. The van der Waals surface area contributed by atoms with Crippen LogP contribution in [-0.2, 0) is 4.74 Å². The van der Waals surface area contributed by atoms with E-state index in [2.05, 4.69) is 50.0 Å². The minimum absolute atomic E-state index is 0.501. The number of rotatable bonds is 7. The van der Waals surface area contributed by atoms with Gasteiger partial charge in [-0.3, -0.25) is 0 Å². The Bertz CT molecular complexity index is 448. The van der Waals surface area contributed by atoms with E-state index in [0.717, 1.165) is 18.4 Å². The number of hydrogen-bond donors (Lipinski definition) is 0. The Labute approximate surface area is 156 Å². The van der Waals surface area contributed by atoms with Crippen LogP contribution < -0.4 is 0 Å². The van der Waals surface area contributed by atoms with Crippen LogP contribution in [0.25, 0.3) is 0 Å². The van der Waals surface area contributed by atoms with Crippen LogP contribution in [-0.4, -0.2) is 12.7 Å². The van der Waals surface area contributed by atoms with Gasteiger partial charge in [-0.05, 0) is 88.2 Å². The van der Waals surface area contributed by atoms with Crippen LogP contribution in [0.2, 0.25) is 0 Å². The average molecular weight is 343 g/mol. The highest BCUT2D eigenvalue weighted by Gasteiger charge is 2.19. The molecule has 2 rings (SSSR count). The van der Waals surface area contributed by atoms with Gasteiger partial charge in [-0.25, -0.2) is 0 Å². The molecule has 0 aromatic carbocycles. The molecule has 0 atom stereocenters. The van der Waals surface area contributed by atoms with E-state index in [1.807, 2.05) is 0 Å². The van der Waals surface area contributed by atoms with Crippen molar-refractivity contribution in [2.75, 3.05) is 6.61 Å². The summed E-state index contributed by atoms with van der Waals surface area (Å²) in [6.45, 7) is 5.24. The first-order valence-corrected chi connectivity index (χ1v) is 10.8. The lowest BCUT2D eigenvalue weighted by molar-refractivity contribution is 0.0302. The van der Waals surface area contributed by atoms with E-state index in [9.17, 15) is 0 Å². The highest BCUT2D eigenvalue weighted by molar-refractivity contribution is 5.24. The van der Waals surface area contributed by atoms with Crippen molar-refractivity contribution in [2.45, 2.75) is 90.6 Å². The molecule has 0 amide bonds. The molecule has 0 spiro atoms. The molecule has 0 heterocycles. The predicted octanol–water partition coefficient (Wildman–Crippen LogP) is 6.69. The van der Waals surface area contributed by atoms with E-state index >= 15 is 0 Å². The smallest absolute Gasteiger partial charge is 0.0575 e. The number of allylic oxidation sites excluding steroid dienone is 4. The maximum Gasteiger partial charge on any atom is 0.0575 e. The summed E-state index contributed by atoms with van der Waals surface area (Å²) in [5, 5.41) is 0. The van der Waals surface area contributed by atoms with Crippen LogP contribution in [0.15, 0.2) is 24.3 Å². The van der Waals surface area contributed by atoms with Crippen molar-refractivity contribution in [3.63, 3.8) is 0 Å². The molecule has 1 heteroatoms. The lowest BCUT2D eigenvalue weighted by Gasteiger charge is -2.26. The van der Waals surface area contributed by atoms with Crippen molar-refractivity contribution in [2.24, 2.45) is 17.8 Å². The zero-order valence-corrected chi connectivity index (χ0v) is 16.5. The predicted molar refractivity (Wildman–Crippen MR) is 108 cm³/mol. The molecule has 0 bridgehead atoms. The maximum absolute atomic E-state index is 5.71. The van der Waals surface area contributed by atoms with Crippen molar-refractivity contribution in [3.8, 4) is 11.8 Å². The van der Waals surface area contributed by atoms with Crippen LogP contribution >= 0.6 is 0 Å². The zero-order chi connectivity index (χ0) is 17.7. The molecule has 0 aromatic rings. The minimum Gasteiger partial charge on any atom is -0.379 e. The van der Waals surface area contributed by atoms with Gasteiger partial charge in [-0.1, -0.05) is 50.2 Å². The second-order valence-electron chi connectivity index (χ2n) is 7.92. The molecule has 140 valence electrons. The summed E-state index contributed by atoms with van der Waals surface area (Å²) in [5.74, 6) is 8.87. The lowest BCUT2D eigenvalue weighted by Crippen LogP contribution is -2.20. The molecule has 0 aliphatic heterocycles. The van der Waals surface area contributed by atoms with Crippen LogP contribution in [0.5, 0.6) is 0 Å². The van der Waals surface area contributed by atoms with Crippen LogP contribution in [0.4, 0.5) is 0 Å². The molecule has 0 unspecified atom stereocenters. The lowest BCUT2D eigenvalue weighted by atomic mass is 9.80. The van der Waals surface area contributed by atoms with Gasteiger partial charge in [0.15, 0.2) is 0 Å². The fourth-order valence-corrected chi connectivity index (χ4v) is 4.31. The minimum atomic E-state index is 0.501. The molecule has 0 saturated heterocycles. The third-order valence-corrected chi connectivity index (χ3v) is 5.97. The van der Waals surface area contributed by atoms with Crippen molar-refractivity contribution in [3.05, 3.63) is 24.3 Å². The highest BCUT2D eigenvalue weighted by Crippen LogP contribution is 2.32. The van der Waals surface area contributed by atoms with Crippen LogP contribution in [0.1, 0.15) is 84.5 Å². The van der Waals surface area contributed by atoms with Gasteiger partial charge in [-0.15, -0.1) is 0 Å². The zero-order valence-electron chi connectivity index (χ0n) is 16.5. The molecule has 25 heavy (non-hydrogen) atoms. The largest absolute Gasteiger partial charge is 0.379 e. The van der Waals surface area contributed by atoms with Gasteiger partial charge in [-0.2, -0.15) is 0 Å². The quantitative estimate of drug-likeness (QED) is 0.468. The molecule has 2 aliphatic rings. The van der Waals surface area contributed by atoms with Crippen LogP contribution in [0.3, 0.4) is 0 Å². The molecule has 2 fully saturated rings. The molecule has 2 aliphatic carbocycles. The van der Waals surface area contributed by atoms with E-state index in [-0.39, 0.29) is 0 Å². The molecule has 0 aromatic heterocycles. The molecular formula is C24H38O. The third kappa shape index (κ3) is 8.28. The van der Waals surface area contributed by atoms with E-state index in [4.69, 9.17) is 4.74 Å². The SMILES string of the molecule is CCCCC1CCC(C=CC#CC=CC2CCC(OCC)CC2)CC1. The Morgan fingerprint density at radius 3 is 1.88 bits per heavy atom. The van der Waals surface area contributed by atoms with Gasteiger partial charge in [0.25, 0.3) is 0 Å². The Hall–Kier alpha value is -1.00. The first kappa shape index (κ1) is 20.3. The Morgan fingerprint density at radius 2 is 1.36 bits per heavy atom. The molecule has 2 saturated carbocycles. The Balaban J connectivity index is 1.60. The number of hydrogen-bond acceptors (Lipinski definition) is 1. The van der Waals surface area contributed by atoms with Crippen molar-refractivity contribution in [1.29, 1.82) is 0 Å². The number of ether oxygens (including phenoxy) is 1. The van der Waals surface area contributed by atoms with Gasteiger partial charge < -0.3 is 4.74 Å². The average Bonchev–Trinajstić information content (AvgIpc) is 2.65. The standard InChI is InChI=1S/C24H38O/c1-3-5-10-21-13-15-22(16-14-21)11-8-6-7-9-12-23-17-19-24(20-18-23)25-4-2/h8-9,11-12,21-24H,3-5,10,13-20H2,1-2H3. The van der Waals surface area contributed by atoms with Crippen molar-refractivity contribution < 1.29 is 4.74 Å². The second kappa shape index (κ2) is 12.4. The second-order valence-corrected chi connectivity index (χ2v) is 7.92. The van der Waals surface area contributed by atoms with E-state index in [0.29, 0.717) is 12.0 Å². The van der Waals surface area contributed by atoms with E-state index in [1.165, 1.54) is 70.6 Å². The van der Waals surface area contributed by atoms with Gasteiger partial charge in [0.2, 0.25) is 0 Å². The first-order chi connectivity index (χ1) is 12.3. The topological polar surface area (TPSA) is 9.23 Å². The summed E-state index contributed by atoms with van der Waals surface area (Å²) >= 11 is 0. The molecule has 1 nitrogen and oxygen atoms in total. The number of unbranched alkanes of at least 4 members (excludes halogenated alkanes) is 1. The van der Waals surface area contributed by atoms with Gasteiger partial charge in [0, 0.05) is 6.61 Å². The molecule has 0 N–H and O–H groups in total. The van der Waals surface area contributed by atoms with Gasteiger partial charge in [0.05, 0.1) is 6.10 Å². The Kier molecular flexibility index (Phi) is 10.1. The van der Waals surface area contributed by atoms with E-state index < -0.39 is 0 Å². The Morgan fingerprint density at radius 1 is 0.800 bits per heavy atom. The molecule has 0 radical (unpaired) electrons. The normalized spacial score (nSPS) is 30.5. The summed E-state index contributed by atoms with van der Waals surface area (Å²) < 4.78 is 5.71. The summed E-state index contributed by atoms with van der Waals surface area (Å²) in [6.07, 6.45) is 24.0. The van der Waals surface area contributed by atoms with Crippen LogP contribution in [0, 0.1) is 29.6 Å². The first-order valence-electron chi connectivity index (χ1n) is 10.8. The molecular weight excluding hydrogens is 304 g/mol. The summed E-state index contributed by atoms with van der Waals surface area (Å²) in [4.78, 5) is 0. The highest BCUT2D eigenvalue weighted by atomic mass is 16.5.